The summed E-state index contributed by atoms with van der Waals surface area (Å²) in [7, 11) is 0. The van der Waals surface area contributed by atoms with Crippen LogP contribution in [0.3, 0.4) is 0 Å². The van der Waals surface area contributed by atoms with Crippen LogP contribution >= 0.6 is 0 Å². The second kappa shape index (κ2) is 6.51. The van der Waals surface area contributed by atoms with Crippen LogP contribution in [-0.4, -0.2) is 4.57 Å². The minimum Gasteiger partial charge on any atom is -0.197 e. The molecule has 1 saturated carbocycles. The van der Waals surface area contributed by atoms with Gasteiger partial charge in [-0.2, -0.15) is 9.13 Å². The van der Waals surface area contributed by atoms with E-state index in [0.717, 1.165) is 41.2 Å². The Morgan fingerprint density at radius 1 is 0.960 bits per heavy atom. The van der Waals surface area contributed by atoms with E-state index in [1.54, 1.807) is 0 Å². The molecule has 2 nitrogen and oxygen atoms in total. The van der Waals surface area contributed by atoms with E-state index in [4.69, 9.17) is 4.11 Å². The molecular formula is C23H27N2+. The Morgan fingerprint density at radius 3 is 2.32 bits per heavy atom. The molecule has 1 aliphatic rings. The Hall–Kier alpha value is -2.35. The smallest absolute Gasteiger partial charge is 0.197 e. The monoisotopic (exact) mass is 334 g/mol. The van der Waals surface area contributed by atoms with Crippen LogP contribution in [0.4, 0.5) is 0 Å². The molecule has 3 aromatic rings. The summed E-state index contributed by atoms with van der Waals surface area (Å²) in [4.78, 5) is 0. The summed E-state index contributed by atoms with van der Waals surface area (Å²) in [5.41, 5.74) is 5.13. The number of para-hydroxylation sites is 2. The number of rotatable bonds is 3. The van der Waals surface area contributed by atoms with Gasteiger partial charge in [-0.05, 0) is 43.5 Å². The van der Waals surface area contributed by atoms with E-state index in [1.165, 1.54) is 12.8 Å². The van der Waals surface area contributed by atoms with E-state index in [2.05, 4.69) is 6.92 Å². The molecule has 0 aliphatic heterocycles. The lowest BCUT2D eigenvalue weighted by molar-refractivity contribution is -0.609. The van der Waals surface area contributed by atoms with Crippen molar-refractivity contribution in [2.24, 2.45) is 0 Å². The first-order valence-electron chi connectivity index (χ1n) is 10.7. The van der Waals surface area contributed by atoms with Crippen molar-refractivity contribution in [2.45, 2.75) is 52.3 Å². The number of hydrogen-bond acceptors (Lipinski definition) is 0. The number of aromatic nitrogens is 2. The number of aryl methyl sites for hydroxylation is 1. The summed E-state index contributed by atoms with van der Waals surface area (Å²) < 4.78 is 29.2. The van der Waals surface area contributed by atoms with Gasteiger partial charge in [0.2, 0.25) is 0 Å². The third-order valence-corrected chi connectivity index (χ3v) is 5.48. The van der Waals surface area contributed by atoms with Crippen molar-refractivity contribution in [1.82, 2.24) is 4.57 Å². The zero-order valence-electron chi connectivity index (χ0n) is 18.0. The molecule has 0 N–H and O–H groups in total. The van der Waals surface area contributed by atoms with Crippen molar-refractivity contribution in [3.8, 4) is 11.4 Å². The van der Waals surface area contributed by atoms with Gasteiger partial charge in [-0.1, -0.05) is 49.2 Å². The van der Waals surface area contributed by atoms with Crippen LogP contribution in [0.15, 0.2) is 54.6 Å². The van der Waals surface area contributed by atoms with Gasteiger partial charge >= 0.3 is 0 Å². The van der Waals surface area contributed by atoms with Crippen molar-refractivity contribution in [1.29, 1.82) is 0 Å². The standard InChI is InChI=1S/C23H27N2/c1-17-11-7-10-16-22(17)24-18(2)23(20-12-8-9-13-20)25(19(24)3)21-14-5-4-6-15-21/h4-7,10-11,14-16,20H,8-9,12-13H2,1-3H3/q+1/i3D3. The van der Waals surface area contributed by atoms with Crippen molar-refractivity contribution < 1.29 is 8.68 Å². The lowest BCUT2D eigenvalue weighted by Crippen LogP contribution is -2.36. The summed E-state index contributed by atoms with van der Waals surface area (Å²) in [5, 5.41) is 0. The van der Waals surface area contributed by atoms with Gasteiger partial charge in [0.15, 0.2) is 5.69 Å². The quantitative estimate of drug-likeness (QED) is 0.572. The maximum Gasteiger partial charge on any atom is 0.264 e. The lowest BCUT2D eigenvalue weighted by atomic mass is 10.0. The van der Waals surface area contributed by atoms with Gasteiger partial charge in [0, 0.05) is 23.8 Å². The maximum absolute atomic E-state index is 8.40. The summed E-state index contributed by atoms with van der Waals surface area (Å²) in [5.74, 6) is 0.763. The number of nitrogens with zero attached hydrogens (tertiary/aromatic N) is 2. The van der Waals surface area contributed by atoms with E-state index < -0.39 is 6.85 Å². The maximum atomic E-state index is 8.40. The van der Waals surface area contributed by atoms with Crippen molar-refractivity contribution >= 4 is 0 Å². The highest BCUT2D eigenvalue weighted by molar-refractivity contribution is 5.39. The molecule has 0 amide bonds. The average molecular weight is 335 g/mol. The Bertz CT molecular complexity index is 981. The Morgan fingerprint density at radius 2 is 1.64 bits per heavy atom. The van der Waals surface area contributed by atoms with Gasteiger partial charge in [0.05, 0.1) is 0 Å². The summed E-state index contributed by atoms with van der Waals surface area (Å²) in [6.07, 6.45) is 4.65. The van der Waals surface area contributed by atoms with Crippen molar-refractivity contribution in [2.75, 3.05) is 0 Å². The first-order chi connectivity index (χ1) is 13.4. The fourth-order valence-corrected chi connectivity index (χ4v) is 4.27. The molecular weight excluding hydrogens is 304 g/mol. The highest BCUT2D eigenvalue weighted by Crippen LogP contribution is 2.37. The predicted octanol–water partition coefficient (Wildman–Crippen LogP) is 5.34. The van der Waals surface area contributed by atoms with Gasteiger partial charge in [0.1, 0.15) is 17.1 Å². The van der Waals surface area contributed by atoms with Crippen molar-refractivity contribution in [3.63, 3.8) is 0 Å². The number of imidazole rings is 1. The zero-order valence-corrected chi connectivity index (χ0v) is 15.0. The van der Waals surface area contributed by atoms with Crippen molar-refractivity contribution in [3.05, 3.63) is 77.4 Å². The Balaban J connectivity index is 2.11. The van der Waals surface area contributed by atoms with E-state index >= 15 is 0 Å². The second-order valence-corrected chi connectivity index (χ2v) is 7.07. The average Bonchev–Trinajstić information content (AvgIpc) is 3.28. The molecule has 0 radical (unpaired) electrons. The van der Waals surface area contributed by atoms with E-state index in [1.807, 2.05) is 70.7 Å². The van der Waals surface area contributed by atoms with Crippen LogP contribution in [0.25, 0.3) is 11.4 Å². The van der Waals surface area contributed by atoms with Gasteiger partial charge in [0.25, 0.3) is 5.82 Å². The van der Waals surface area contributed by atoms with Crippen LogP contribution in [0.5, 0.6) is 0 Å². The van der Waals surface area contributed by atoms with E-state index in [-0.39, 0.29) is 0 Å². The van der Waals surface area contributed by atoms with Crippen LogP contribution in [0.2, 0.25) is 0 Å². The van der Waals surface area contributed by atoms with E-state index in [9.17, 15) is 0 Å². The molecule has 4 rings (SSSR count). The van der Waals surface area contributed by atoms with Gasteiger partial charge in [-0.15, -0.1) is 0 Å². The summed E-state index contributed by atoms with van der Waals surface area (Å²) in [6.45, 7) is 1.88. The minimum atomic E-state index is -2.24. The molecule has 128 valence electrons. The van der Waals surface area contributed by atoms with Crippen LogP contribution in [0.1, 0.15) is 58.5 Å². The van der Waals surface area contributed by atoms with E-state index in [0.29, 0.717) is 11.7 Å². The van der Waals surface area contributed by atoms with Gasteiger partial charge in [-0.3, -0.25) is 0 Å². The first kappa shape index (κ1) is 12.9. The molecule has 0 unspecified atom stereocenters. The molecule has 1 aliphatic carbocycles. The third-order valence-electron chi connectivity index (χ3n) is 5.48. The summed E-state index contributed by atoms with van der Waals surface area (Å²) >= 11 is 0. The van der Waals surface area contributed by atoms with Crippen LogP contribution < -0.4 is 4.57 Å². The zero-order chi connectivity index (χ0) is 19.9. The predicted molar refractivity (Wildman–Crippen MR) is 103 cm³/mol. The number of benzene rings is 2. The van der Waals surface area contributed by atoms with Crippen LogP contribution in [-0.2, 0) is 0 Å². The fraction of sp³-hybridized carbons (Fsp3) is 0.348. The summed E-state index contributed by atoms with van der Waals surface area (Å²) in [6, 6.07) is 18.0. The Labute approximate surface area is 155 Å². The largest absolute Gasteiger partial charge is 0.264 e. The second-order valence-electron chi connectivity index (χ2n) is 7.07. The highest BCUT2D eigenvalue weighted by atomic mass is 15.2. The molecule has 1 aromatic heterocycles. The van der Waals surface area contributed by atoms with Crippen LogP contribution in [0, 0.1) is 20.7 Å². The SMILES string of the molecule is [2H]C([2H])([2H])c1n(-c2ccccc2)c(C2CCCC2)c(C)[n+]1-c1ccccc1C. The Kier molecular flexibility index (Phi) is 3.37. The highest BCUT2D eigenvalue weighted by Gasteiger charge is 2.34. The van der Waals surface area contributed by atoms with Gasteiger partial charge < -0.3 is 0 Å². The molecule has 1 fully saturated rings. The number of hydrogen-bond donors (Lipinski definition) is 0. The first-order valence-corrected chi connectivity index (χ1v) is 9.18. The molecule has 0 saturated heterocycles. The molecule has 2 aromatic carbocycles. The molecule has 0 spiro atoms. The fourth-order valence-electron chi connectivity index (χ4n) is 4.27. The molecule has 0 atom stereocenters. The molecule has 25 heavy (non-hydrogen) atoms. The normalized spacial score (nSPS) is 17.3. The lowest BCUT2D eigenvalue weighted by Gasteiger charge is -2.09. The molecule has 0 bridgehead atoms. The molecule has 1 heterocycles. The third kappa shape index (κ3) is 2.70. The topological polar surface area (TPSA) is 8.81 Å². The molecule has 2 heteroatoms. The minimum absolute atomic E-state index is 0.368. The van der Waals surface area contributed by atoms with Gasteiger partial charge in [-0.25, -0.2) is 0 Å².